The van der Waals surface area contributed by atoms with Crippen molar-refractivity contribution in [2.24, 2.45) is 11.7 Å². The van der Waals surface area contributed by atoms with Crippen LogP contribution in [-0.4, -0.2) is 22.8 Å². The van der Waals surface area contributed by atoms with Crippen LogP contribution in [-0.2, 0) is 4.79 Å². The van der Waals surface area contributed by atoms with Gasteiger partial charge in [0.1, 0.15) is 0 Å². The van der Waals surface area contributed by atoms with E-state index in [1.54, 1.807) is 48.8 Å². The topological polar surface area (TPSA) is 97.1 Å². The summed E-state index contributed by atoms with van der Waals surface area (Å²) in [5.74, 6) is -0.318. The monoisotopic (exact) mass is 338 g/mol. The van der Waals surface area contributed by atoms with Crippen molar-refractivity contribution in [3.05, 3.63) is 54.4 Å². The molecule has 1 aliphatic rings. The van der Waals surface area contributed by atoms with Gasteiger partial charge < -0.3 is 16.4 Å². The van der Waals surface area contributed by atoms with Gasteiger partial charge in [0, 0.05) is 41.3 Å². The first-order chi connectivity index (χ1) is 12.1. The zero-order chi connectivity index (χ0) is 17.6. The average Bonchev–Trinajstić information content (AvgIpc) is 2.63. The number of amides is 2. The predicted molar refractivity (Wildman–Crippen MR) is 97.2 cm³/mol. The molecule has 1 fully saturated rings. The van der Waals surface area contributed by atoms with E-state index < -0.39 is 0 Å². The third-order valence-electron chi connectivity index (χ3n) is 4.42. The molecule has 1 aliphatic carbocycles. The van der Waals surface area contributed by atoms with E-state index in [0.29, 0.717) is 23.4 Å². The van der Waals surface area contributed by atoms with E-state index in [9.17, 15) is 9.59 Å². The van der Waals surface area contributed by atoms with Gasteiger partial charge in [-0.1, -0.05) is 12.5 Å². The molecule has 0 radical (unpaired) electrons. The minimum Gasteiger partial charge on any atom is -0.328 e. The molecule has 4 N–H and O–H groups in total. The number of pyridine rings is 1. The highest BCUT2D eigenvalue weighted by atomic mass is 16.2. The molecule has 130 valence electrons. The Labute approximate surface area is 146 Å². The molecule has 2 aromatic rings. The molecule has 2 unspecified atom stereocenters. The molecule has 1 aromatic heterocycles. The second-order valence-electron chi connectivity index (χ2n) is 6.38. The molecule has 2 amide bonds. The summed E-state index contributed by atoms with van der Waals surface area (Å²) >= 11 is 0. The van der Waals surface area contributed by atoms with Gasteiger partial charge in [-0.2, -0.15) is 0 Å². The van der Waals surface area contributed by atoms with Crippen LogP contribution < -0.4 is 16.4 Å². The van der Waals surface area contributed by atoms with Crippen molar-refractivity contribution < 1.29 is 9.59 Å². The lowest BCUT2D eigenvalue weighted by atomic mass is 9.85. The van der Waals surface area contributed by atoms with E-state index in [-0.39, 0.29) is 23.8 Å². The van der Waals surface area contributed by atoms with E-state index >= 15 is 0 Å². The maximum Gasteiger partial charge on any atom is 0.255 e. The summed E-state index contributed by atoms with van der Waals surface area (Å²) in [7, 11) is 0. The number of hydrogen-bond acceptors (Lipinski definition) is 4. The lowest BCUT2D eigenvalue weighted by Crippen LogP contribution is -2.34. The molecule has 1 saturated carbocycles. The minimum atomic E-state index is -0.234. The molecule has 1 aromatic carbocycles. The number of anilines is 2. The van der Waals surface area contributed by atoms with Gasteiger partial charge in [-0.3, -0.25) is 14.6 Å². The molecule has 0 saturated heterocycles. The first-order valence-corrected chi connectivity index (χ1v) is 8.50. The van der Waals surface area contributed by atoms with Gasteiger partial charge in [0.05, 0.1) is 0 Å². The molecule has 0 bridgehead atoms. The number of carbonyl (C=O) groups excluding carboxylic acids is 2. The molecule has 6 nitrogen and oxygen atoms in total. The smallest absolute Gasteiger partial charge is 0.255 e. The van der Waals surface area contributed by atoms with Gasteiger partial charge in [-0.25, -0.2) is 0 Å². The molecule has 25 heavy (non-hydrogen) atoms. The van der Waals surface area contributed by atoms with Crippen LogP contribution in [0.15, 0.2) is 48.8 Å². The number of carbonyl (C=O) groups is 2. The molecular formula is C19H22N4O2. The van der Waals surface area contributed by atoms with Crippen molar-refractivity contribution in [1.82, 2.24) is 4.98 Å². The second kappa shape index (κ2) is 7.90. The zero-order valence-electron chi connectivity index (χ0n) is 13.9. The Morgan fingerprint density at radius 3 is 2.60 bits per heavy atom. The Bertz CT molecular complexity index is 748. The van der Waals surface area contributed by atoms with Crippen LogP contribution in [0.1, 0.15) is 36.0 Å². The average molecular weight is 338 g/mol. The zero-order valence-corrected chi connectivity index (χ0v) is 13.9. The van der Waals surface area contributed by atoms with Gasteiger partial charge in [0.25, 0.3) is 5.91 Å². The van der Waals surface area contributed by atoms with Crippen molar-refractivity contribution in [3.63, 3.8) is 0 Å². The number of nitrogens with two attached hydrogens (primary N) is 1. The molecule has 1 heterocycles. The summed E-state index contributed by atoms with van der Waals surface area (Å²) in [6.07, 6.45) is 6.76. The maximum absolute atomic E-state index is 12.4. The normalized spacial score (nSPS) is 19.9. The predicted octanol–water partition coefficient (Wildman–Crippen LogP) is 2.79. The highest BCUT2D eigenvalue weighted by Gasteiger charge is 2.25. The maximum atomic E-state index is 12.4. The van der Waals surface area contributed by atoms with Crippen molar-refractivity contribution in [3.8, 4) is 0 Å². The molecule has 2 atom stereocenters. The molecule has 0 aliphatic heterocycles. The summed E-state index contributed by atoms with van der Waals surface area (Å²) in [6.45, 7) is 0. The standard InChI is InChI=1S/C19H22N4O2/c20-15-5-1-3-13(11-15)18(24)23-17-6-2-4-14(12-17)19(25)22-16-7-9-21-10-8-16/h2,4,6-10,12-13,15H,1,3,5,11,20H2,(H,23,24)(H,21,22,25). The Kier molecular flexibility index (Phi) is 5.40. The van der Waals surface area contributed by atoms with Crippen LogP contribution >= 0.6 is 0 Å². The first kappa shape index (κ1) is 17.1. The Morgan fingerprint density at radius 2 is 1.84 bits per heavy atom. The number of nitrogens with one attached hydrogen (secondary N) is 2. The lowest BCUT2D eigenvalue weighted by molar-refractivity contribution is -0.120. The fourth-order valence-corrected chi connectivity index (χ4v) is 3.09. The number of rotatable bonds is 4. The number of benzene rings is 1. The second-order valence-corrected chi connectivity index (χ2v) is 6.38. The van der Waals surface area contributed by atoms with Crippen molar-refractivity contribution in [1.29, 1.82) is 0 Å². The minimum absolute atomic E-state index is 0.0261. The van der Waals surface area contributed by atoms with Gasteiger partial charge in [0.15, 0.2) is 0 Å². The fraction of sp³-hybridized carbons (Fsp3) is 0.316. The first-order valence-electron chi connectivity index (χ1n) is 8.50. The van der Waals surface area contributed by atoms with E-state index in [1.165, 1.54) is 0 Å². The molecule has 0 spiro atoms. The summed E-state index contributed by atoms with van der Waals surface area (Å²) in [6, 6.07) is 10.5. The van der Waals surface area contributed by atoms with E-state index in [2.05, 4.69) is 15.6 Å². The fourth-order valence-electron chi connectivity index (χ4n) is 3.09. The van der Waals surface area contributed by atoms with E-state index in [0.717, 1.165) is 19.3 Å². The van der Waals surface area contributed by atoms with Crippen LogP contribution in [0.4, 0.5) is 11.4 Å². The quantitative estimate of drug-likeness (QED) is 0.798. The van der Waals surface area contributed by atoms with Gasteiger partial charge in [-0.05, 0) is 49.6 Å². The van der Waals surface area contributed by atoms with Crippen LogP contribution in [0.3, 0.4) is 0 Å². The van der Waals surface area contributed by atoms with Crippen LogP contribution in [0.2, 0.25) is 0 Å². The highest BCUT2D eigenvalue weighted by Crippen LogP contribution is 2.24. The largest absolute Gasteiger partial charge is 0.328 e. The Hall–Kier alpha value is -2.73. The highest BCUT2D eigenvalue weighted by molar-refractivity contribution is 6.05. The van der Waals surface area contributed by atoms with Crippen LogP contribution in [0.25, 0.3) is 0 Å². The Balaban J connectivity index is 1.64. The van der Waals surface area contributed by atoms with Crippen molar-refractivity contribution >= 4 is 23.2 Å². The summed E-state index contributed by atoms with van der Waals surface area (Å²) in [5.41, 5.74) is 7.73. The van der Waals surface area contributed by atoms with E-state index in [4.69, 9.17) is 5.73 Å². The third kappa shape index (κ3) is 4.64. The molecular weight excluding hydrogens is 316 g/mol. The van der Waals surface area contributed by atoms with Gasteiger partial charge in [-0.15, -0.1) is 0 Å². The number of nitrogens with zero attached hydrogens (tertiary/aromatic N) is 1. The van der Waals surface area contributed by atoms with Crippen molar-refractivity contribution in [2.45, 2.75) is 31.7 Å². The summed E-state index contributed by atoms with van der Waals surface area (Å²) < 4.78 is 0. The Morgan fingerprint density at radius 1 is 1.04 bits per heavy atom. The van der Waals surface area contributed by atoms with Gasteiger partial charge >= 0.3 is 0 Å². The number of hydrogen-bond donors (Lipinski definition) is 3. The summed E-state index contributed by atoms with van der Waals surface area (Å²) in [4.78, 5) is 28.7. The van der Waals surface area contributed by atoms with Crippen LogP contribution in [0, 0.1) is 5.92 Å². The van der Waals surface area contributed by atoms with E-state index in [1.807, 2.05) is 0 Å². The third-order valence-corrected chi connectivity index (χ3v) is 4.42. The molecule has 3 rings (SSSR count). The summed E-state index contributed by atoms with van der Waals surface area (Å²) in [5, 5.41) is 5.71. The van der Waals surface area contributed by atoms with Crippen LogP contribution in [0.5, 0.6) is 0 Å². The molecule has 6 heteroatoms. The number of aromatic nitrogens is 1. The van der Waals surface area contributed by atoms with Gasteiger partial charge in [0.2, 0.25) is 5.91 Å². The SMILES string of the molecule is NC1CCCC(C(=O)Nc2cccc(C(=O)Nc3ccncc3)c2)C1. The van der Waals surface area contributed by atoms with Crippen molar-refractivity contribution in [2.75, 3.05) is 10.6 Å². The lowest BCUT2D eigenvalue weighted by Gasteiger charge is -2.25.